The Hall–Kier alpha value is -1.00. The molecule has 0 aliphatic rings. The van der Waals surface area contributed by atoms with Crippen LogP contribution in [0.2, 0.25) is 0 Å². The Kier molecular flexibility index (Phi) is 6.83. The average molecular weight is 258 g/mol. The number of hydrogen-bond acceptors (Lipinski definition) is 2. The second-order valence-electron chi connectivity index (χ2n) is 4.26. The molecule has 0 saturated heterocycles. The lowest BCUT2D eigenvalue weighted by atomic mass is 10.1. The van der Waals surface area contributed by atoms with Gasteiger partial charge in [-0.1, -0.05) is 43.2 Å². The monoisotopic (exact) mass is 258 g/mol. The van der Waals surface area contributed by atoms with Crippen molar-refractivity contribution < 1.29 is 18.6 Å². The fourth-order valence-corrected chi connectivity index (χ4v) is 1.64. The van der Waals surface area contributed by atoms with E-state index in [1.807, 2.05) is 0 Å². The summed E-state index contributed by atoms with van der Waals surface area (Å²) in [5, 5.41) is 8.57. The molecule has 102 valence electrons. The summed E-state index contributed by atoms with van der Waals surface area (Å²) in [5.41, 5.74) is -0.00900. The van der Waals surface area contributed by atoms with Gasteiger partial charge in [-0.05, 0) is 12.8 Å². The number of unbranched alkanes of at least 4 members (excludes halogenated alkanes) is 3. The summed E-state index contributed by atoms with van der Waals surface area (Å²) in [6, 6.07) is 7.72. The zero-order chi connectivity index (χ0) is 13.3. The maximum Gasteiger partial charge on any atom is 0.296 e. The van der Waals surface area contributed by atoms with Gasteiger partial charge in [0.15, 0.2) is 0 Å². The van der Waals surface area contributed by atoms with E-state index >= 15 is 0 Å². The lowest BCUT2D eigenvalue weighted by Crippen LogP contribution is -2.21. The van der Waals surface area contributed by atoms with Crippen LogP contribution in [0.1, 0.15) is 31.2 Å². The van der Waals surface area contributed by atoms with E-state index in [1.165, 1.54) is 12.1 Å². The zero-order valence-electron chi connectivity index (χ0n) is 10.4. The Bertz CT molecular complexity index is 315. The van der Waals surface area contributed by atoms with E-state index in [0.29, 0.717) is 6.61 Å². The number of ether oxygens (including phenoxy) is 1. The predicted octanol–water partition coefficient (Wildman–Crippen LogP) is 3.35. The summed E-state index contributed by atoms with van der Waals surface area (Å²) in [7, 11) is 0. The number of aliphatic hydroxyl groups excluding tert-OH is 1. The van der Waals surface area contributed by atoms with E-state index in [-0.39, 0.29) is 12.2 Å². The van der Waals surface area contributed by atoms with Gasteiger partial charge in [-0.2, -0.15) is 8.78 Å². The summed E-state index contributed by atoms with van der Waals surface area (Å²) in [5.74, 6) is -2.92. The normalized spacial score (nSPS) is 11.7. The van der Waals surface area contributed by atoms with Crippen molar-refractivity contribution in [2.24, 2.45) is 0 Å². The summed E-state index contributed by atoms with van der Waals surface area (Å²) >= 11 is 0. The number of rotatable bonds is 9. The molecular formula is C14H20F2O2. The number of hydrogen-bond donors (Lipinski definition) is 1. The van der Waals surface area contributed by atoms with Crippen molar-refractivity contribution in [1.29, 1.82) is 0 Å². The average Bonchev–Trinajstić information content (AvgIpc) is 2.39. The fourth-order valence-electron chi connectivity index (χ4n) is 1.64. The lowest BCUT2D eigenvalue weighted by molar-refractivity contribution is -0.0831. The van der Waals surface area contributed by atoms with Crippen molar-refractivity contribution in [1.82, 2.24) is 0 Å². The van der Waals surface area contributed by atoms with Crippen LogP contribution >= 0.6 is 0 Å². The standard InChI is InChI=1S/C14H20F2O2/c15-14(16,13-8-4-3-5-9-13)12-18-11-7-2-1-6-10-17/h3-5,8-9,17H,1-2,6-7,10-12H2. The van der Waals surface area contributed by atoms with Crippen molar-refractivity contribution in [3.05, 3.63) is 35.9 Å². The van der Waals surface area contributed by atoms with Crippen LogP contribution in [0.25, 0.3) is 0 Å². The molecule has 0 aromatic heterocycles. The Morgan fingerprint density at radius 3 is 2.33 bits per heavy atom. The summed E-state index contributed by atoms with van der Waals surface area (Å²) < 4.78 is 32.3. The molecule has 0 saturated carbocycles. The molecule has 1 rings (SSSR count). The third kappa shape index (κ3) is 5.56. The Morgan fingerprint density at radius 2 is 1.67 bits per heavy atom. The first-order valence-electron chi connectivity index (χ1n) is 6.29. The molecule has 1 N–H and O–H groups in total. The number of halogens is 2. The highest BCUT2D eigenvalue weighted by Gasteiger charge is 2.31. The van der Waals surface area contributed by atoms with Gasteiger partial charge in [0, 0.05) is 18.8 Å². The minimum Gasteiger partial charge on any atom is -0.396 e. The lowest BCUT2D eigenvalue weighted by Gasteiger charge is -2.16. The van der Waals surface area contributed by atoms with Crippen LogP contribution in [0.3, 0.4) is 0 Å². The van der Waals surface area contributed by atoms with Gasteiger partial charge in [0.2, 0.25) is 0 Å². The molecule has 1 aromatic rings. The van der Waals surface area contributed by atoms with Crippen LogP contribution in [0.15, 0.2) is 30.3 Å². The summed E-state index contributed by atoms with van der Waals surface area (Å²) in [6.45, 7) is -0.0438. The molecule has 0 unspecified atom stereocenters. The first-order chi connectivity index (χ1) is 8.67. The van der Waals surface area contributed by atoms with E-state index in [2.05, 4.69) is 0 Å². The largest absolute Gasteiger partial charge is 0.396 e. The van der Waals surface area contributed by atoms with Crippen LogP contribution < -0.4 is 0 Å². The smallest absolute Gasteiger partial charge is 0.296 e. The molecule has 0 spiro atoms. The van der Waals surface area contributed by atoms with Gasteiger partial charge in [-0.3, -0.25) is 0 Å². The van der Waals surface area contributed by atoms with Gasteiger partial charge >= 0.3 is 0 Å². The third-order valence-corrected chi connectivity index (χ3v) is 2.68. The van der Waals surface area contributed by atoms with Crippen molar-refractivity contribution in [2.45, 2.75) is 31.6 Å². The van der Waals surface area contributed by atoms with Gasteiger partial charge < -0.3 is 9.84 Å². The number of aliphatic hydroxyl groups is 1. The van der Waals surface area contributed by atoms with Crippen molar-refractivity contribution >= 4 is 0 Å². The van der Waals surface area contributed by atoms with Crippen molar-refractivity contribution in [3.63, 3.8) is 0 Å². The molecular weight excluding hydrogens is 238 g/mol. The van der Waals surface area contributed by atoms with Gasteiger partial charge in [0.25, 0.3) is 5.92 Å². The van der Waals surface area contributed by atoms with Gasteiger partial charge in [-0.25, -0.2) is 0 Å². The maximum absolute atomic E-state index is 13.6. The number of alkyl halides is 2. The van der Waals surface area contributed by atoms with Crippen LogP contribution in [-0.2, 0) is 10.7 Å². The highest BCUT2D eigenvalue weighted by molar-refractivity contribution is 5.19. The Labute approximate surface area is 107 Å². The molecule has 0 heterocycles. The second-order valence-corrected chi connectivity index (χ2v) is 4.26. The highest BCUT2D eigenvalue weighted by Crippen LogP contribution is 2.27. The van der Waals surface area contributed by atoms with E-state index in [0.717, 1.165) is 25.7 Å². The predicted molar refractivity (Wildman–Crippen MR) is 66.7 cm³/mol. The van der Waals surface area contributed by atoms with Crippen LogP contribution in [0.4, 0.5) is 8.78 Å². The quantitative estimate of drug-likeness (QED) is 0.688. The molecule has 0 aliphatic heterocycles. The van der Waals surface area contributed by atoms with Crippen molar-refractivity contribution in [3.8, 4) is 0 Å². The highest BCUT2D eigenvalue weighted by atomic mass is 19.3. The molecule has 2 nitrogen and oxygen atoms in total. The number of benzene rings is 1. The third-order valence-electron chi connectivity index (χ3n) is 2.68. The first-order valence-corrected chi connectivity index (χ1v) is 6.29. The molecule has 0 aliphatic carbocycles. The molecule has 0 fully saturated rings. The van der Waals surface area contributed by atoms with Crippen LogP contribution in [0.5, 0.6) is 0 Å². The Morgan fingerprint density at radius 1 is 1.00 bits per heavy atom. The molecule has 0 radical (unpaired) electrons. The van der Waals surface area contributed by atoms with E-state index in [4.69, 9.17) is 9.84 Å². The maximum atomic E-state index is 13.6. The molecule has 0 bridgehead atoms. The minimum absolute atomic E-state index is 0.00900. The van der Waals surface area contributed by atoms with E-state index in [1.54, 1.807) is 18.2 Å². The van der Waals surface area contributed by atoms with E-state index in [9.17, 15) is 8.78 Å². The topological polar surface area (TPSA) is 29.5 Å². The van der Waals surface area contributed by atoms with Gasteiger partial charge in [0.05, 0.1) is 0 Å². The Balaban J connectivity index is 2.18. The molecule has 18 heavy (non-hydrogen) atoms. The summed E-state index contributed by atoms with van der Waals surface area (Å²) in [6.07, 6.45) is 3.33. The summed E-state index contributed by atoms with van der Waals surface area (Å²) in [4.78, 5) is 0. The zero-order valence-corrected chi connectivity index (χ0v) is 10.4. The SMILES string of the molecule is OCCCCCCOCC(F)(F)c1ccccc1. The van der Waals surface area contributed by atoms with Crippen molar-refractivity contribution in [2.75, 3.05) is 19.8 Å². The molecule has 4 heteroatoms. The fraction of sp³-hybridized carbons (Fsp3) is 0.571. The second kappa shape index (κ2) is 8.16. The molecule has 0 atom stereocenters. The molecule has 1 aromatic carbocycles. The first kappa shape index (κ1) is 15.1. The van der Waals surface area contributed by atoms with Gasteiger partial charge in [0.1, 0.15) is 6.61 Å². The van der Waals surface area contributed by atoms with Crippen LogP contribution in [-0.4, -0.2) is 24.9 Å². The molecule has 0 amide bonds. The van der Waals surface area contributed by atoms with Crippen LogP contribution in [0, 0.1) is 0 Å². The van der Waals surface area contributed by atoms with E-state index < -0.39 is 12.5 Å². The minimum atomic E-state index is -2.92. The van der Waals surface area contributed by atoms with Gasteiger partial charge in [-0.15, -0.1) is 0 Å².